The molecule has 0 saturated heterocycles. The smallest absolute Gasteiger partial charge is 0.261 e. The number of methoxy groups -OCH3 is 1. The molecule has 10 heteroatoms. The molecule has 1 heterocycles. The van der Waals surface area contributed by atoms with Crippen molar-refractivity contribution in [3.05, 3.63) is 83.4 Å². The third-order valence-electron chi connectivity index (χ3n) is 7.35. The zero-order valence-corrected chi connectivity index (χ0v) is 25.0. The van der Waals surface area contributed by atoms with Crippen LogP contribution >= 0.6 is 0 Å². The van der Waals surface area contributed by atoms with Crippen LogP contribution in [0, 0.1) is 12.8 Å². The Labute approximate surface area is 242 Å². The summed E-state index contributed by atoms with van der Waals surface area (Å²) in [6.45, 7) is 7.17. The van der Waals surface area contributed by atoms with Gasteiger partial charge < -0.3 is 19.5 Å². The van der Waals surface area contributed by atoms with E-state index in [0.29, 0.717) is 25.4 Å². The van der Waals surface area contributed by atoms with Gasteiger partial charge in [-0.1, -0.05) is 36.8 Å². The van der Waals surface area contributed by atoms with Crippen molar-refractivity contribution in [2.24, 2.45) is 5.92 Å². The molecule has 0 bridgehead atoms. The van der Waals surface area contributed by atoms with Crippen molar-refractivity contribution in [3.63, 3.8) is 0 Å². The monoisotopic (exact) mass is 581 g/mol. The zero-order valence-electron chi connectivity index (χ0n) is 24.2. The number of aliphatic hydroxyl groups excluding tert-OH is 1. The number of carbonyl (C=O) groups excluding carboxylic acids is 1. The number of benzene rings is 3. The maximum atomic E-state index is 13.7. The quantitative estimate of drug-likeness (QED) is 0.370. The van der Waals surface area contributed by atoms with Gasteiger partial charge in [-0.05, 0) is 68.9 Å². The van der Waals surface area contributed by atoms with Crippen molar-refractivity contribution in [2.45, 2.75) is 44.4 Å². The second-order valence-electron chi connectivity index (χ2n) is 10.8. The summed E-state index contributed by atoms with van der Waals surface area (Å²) in [5.41, 5.74) is 2.57. The number of sulfonamides is 1. The van der Waals surface area contributed by atoms with Crippen molar-refractivity contribution < 1.29 is 27.8 Å². The summed E-state index contributed by atoms with van der Waals surface area (Å²) in [6, 6.07) is 18.8. The minimum Gasteiger partial charge on any atom is -0.497 e. The fourth-order valence-corrected chi connectivity index (χ4v) is 5.90. The summed E-state index contributed by atoms with van der Waals surface area (Å²) < 4.78 is 40.3. The molecule has 0 fully saturated rings. The van der Waals surface area contributed by atoms with Crippen molar-refractivity contribution in [3.8, 4) is 11.5 Å². The van der Waals surface area contributed by atoms with Crippen LogP contribution in [0.25, 0.3) is 0 Å². The third-order valence-corrected chi connectivity index (χ3v) is 8.75. The van der Waals surface area contributed by atoms with Gasteiger partial charge in [0.2, 0.25) is 0 Å². The second-order valence-corrected chi connectivity index (χ2v) is 12.5. The van der Waals surface area contributed by atoms with Gasteiger partial charge in [0.15, 0.2) is 0 Å². The Morgan fingerprint density at radius 2 is 1.80 bits per heavy atom. The first kappa shape index (κ1) is 30.4. The Kier molecular flexibility index (Phi) is 9.57. The Morgan fingerprint density at radius 1 is 1.12 bits per heavy atom. The molecule has 3 atom stereocenters. The molecule has 0 aliphatic carbocycles. The molecule has 3 aromatic carbocycles. The molecule has 1 amide bonds. The average Bonchev–Trinajstić information content (AvgIpc) is 2.95. The number of fused-ring (bicyclic) bond motifs is 1. The molecule has 0 radical (unpaired) electrons. The predicted molar refractivity (Wildman–Crippen MR) is 159 cm³/mol. The van der Waals surface area contributed by atoms with Gasteiger partial charge in [0.05, 0.1) is 30.2 Å². The standard InChI is InChI=1S/C31H39N3O6S/c1-21-6-13-27(14-7-21)41(37,38)32-25-10-15-29-28(16-25)31(36)34(23(3)20-35)17-22(2)30(40-29)19-33(4)18-24-8-11-26(39-5)12-9-24/h6-16,22-23,30,32,35H,17-20H2,1-5H3/t22-,23+,30+/m0/s1. The molecule has 0 saturated carbocycles. The number of aliphatic hydroxyl groups is 1. The minimum absolute atomic E-state index is 0.0425. The van der Waals surface area contributed by atoms with Gasteiger partial charge in [0, 0.05) is 31.2 Å². The van der Waals surface area contributed by atoms with E-state index in [1.165, 1.54) is 6.07 Å². The molecular formula is C31H39N3O6S. The van der Waals surface area contributed by atoms with E-state index in [-0.39, 0.29) is 40.7 Å². The maximum Gasteiger partial charge on any atom is 0.261 e. The highest BCUT2D eigenvalue weighted by molar-refractivity contribution is 7.92. The maximum absolute atomic E-state index is 13.7. The van der Waals surface area contributed by atoms with E-state index < -0.39 is 16.1 Å². The average molecular weight is 582 g/mol. The van der Waals surface area contributed by atoms with Crippen LogP contribution in [0.3, 0.4) is 0 Å². The molecule has 2 N–H and O–H groups in total. The lowest BCUT2D eigenvalue weighted by atomic mass is 9.99. The highest BCUT2D eigenvalue weighted by atomic mass is 32.2. The first-order valence-electron chi connectivity index (χ1n) is 13.6. The second kappa shape index (κ2) is 12.9. The molecule has 0 spiro atoms. The molecular weight excluding hydrogens is 542 g/mol. The summed E-state index contributed by atoms with van der Waals surface area (Å²) in [5.74, 6) is 0.806. The van der Waals surface area contributed by atoms with Crippen LogP contribution in [-0.2, 0) is 16.6 Å². The number of nitrogens with one attached hydrogen (secondary N) is 1. The van der Waals surface area contributed by atoms with Crippen LogP contribution in [-0.4, -0.2) is 75.2 Å². The first-order chi connectivity index (χ1) is 19.5. The summed E-state index contributed by atoms with van der Waals surface area (Å²) in [5, 5.41) is 9.93. The number of hydrogen-bond donors (Lipinski definition) is 2. The fraction of sp³-hybridized carbons (Fsp3) is 0.387. The van der Waals surface area contributed by atoms with E-state index in [2.05, 4.69) is 9.62 Å². The van der Waals surface area contributed by atoms with Gasteiger partial charge in [-0.3, -0.25) is 14.4 Å². The van der Waals surface area contributed by atoms with Crippen LogP contribution in [0.5, 0.6) is 11.5 Å². The summed E-state index contributed by atoms with van der Waals surface area (Å²) >= 11 is 0. The Morgan fingerprint density at radius 3 is 2.44 bits per heavy atom. The third kappa shape index (κ3) is 7.38. The van der Waals surface area contributed by atoms with Gasteiger partial charge in [-0.15, -0.1) is 0 Å². The topological polar surface area (TPSA) is 108 Å². The first-order valence-corrected chi connectivity index (χ1v) is 15.1. The Balaban J connectivity index is 1.61. The molecule has 220 valence electrons. The summed E-state index contributed by atoms with van der Waals surface area (Å²) in [6.07, 6.45) is -0.270. The molecule has 9 nitrogen and oxygen atoms in total. The molecule has 1 aliphatic rings. The summed E-state index contributed by atoms with van der Waals surface area (Å²) in [4.78, 5) is 17.6. The number of anilines is 1. The number of nitrogens with zero attached hydrogens (tertiary/aromatic N) is 2. The fourth-order valence-electron chi connectivity index (χ4n) is 4.85. The van der Waals surface area contributed by atoms with E-state index >= 15 is 0 Å². The Bertz CT molecular complexity index is 1440. The van der Waals surface area contributed by atoms with E-state index in [0.717, 1.165) is 16.9 Å². The number of amides is 1. The van der Waals surface area contributed by atoms with Gasteiger partial charge in [-0.25, -0.2) is 8.42 Å². The van der Waals surface area contributed by atoms with Crippen LogP contribution in [0.4, 0.5) is 5.69 Å². The number of aryl methyl sites for hydroxylation is 1. The number of hydrogen-bond acceptors (Lipinski definition) is 7. The normalized spacial score (nSPS) is 18.2. The predicted octanol–water partition coefficient (Wildman–Crippen LogP) is 4.16. The van der Waals surface area contributed by atoms with E-state index in [1.807, 2.05) is 45.2 Å². The van der Waals surface area contributed by atoms with Gasteiger partial charge in [0.1, 0.15) is 17.6 Å². The van der Waals surface area contributed by atoms with Gasteiger partial charge in [0.25, 0.3) is 15.9 Å². The molecule has 4 rings (SSSR count). The lowest BCUT2D eigenvalue weighted by Crippen LogP contribution is -2.49. The lowest BCUT2D eigenvalue weighted by molar-refractivity contribution is 0.0341. The Hall–Kier alpha value is -3.60. The minimum atomic E-state index is -3.86. The zero-order chi connectivity index (χ0) is 29.7. The van der Waals surface area contributed by atoms with Crippen LogP contribution in [0.15, 0.2) is 71.6 Å². The SMILES string of the molecule is COc1ccc(CN(C)C[C@H]2Oc3ccc(NS(=O)(=O)c4ccc(C)cc4)cc3C(=O)N([C@H](C)CO)C[C@@H]2C)cc1. The van der Waals surface area contributed by atoms with Gasteiger partial charge >= 0.3 is 0 Å². The molecule has 1 aliphatic heterocycles. The largest absolute Gasteiger partial charge is 0.497 e. The van der Waals surface area contributed by atoms with E-state index in [9.17, 15) is 18.3 Å². The molecule has 3 aromatic rings. The number of ether oxygens (including phenoxy) is 2. The van der Waals surface area contributed by atoms with Crippen molar-refractivity contribution in [1.29, 1.82) is 0 Å². The van der Waals surface area contributed by atoms with Crippen LogP contribution in [0.1, 0.15) is 35.3 Å². The number of likely N-dealkylation sites (N-methyl/N-ethyl adjacent to an activating group) is 1. The molecule has 0 aromatic heterocycles. The molecule has 0 unspecified atom stereocenters. The molecule has 41 heavy (non-hydrogen) atoms. The van der Waals surface area contributed by atoms with Crippen molar-refractivity contribution in [1.82, 2.24) is 9.80 Å². The van der Waals surface area contributed by atoms with Crippen LogP contribution < -0.4 is 14.2 Å². The van der Waals surface area contributed by atoms with E-state index in [1.54, 1.807) is 55.3 Å². The highest BCUT2D eigenvalue weighted by Gasteiger charge is 2.33. The lowest BCUT2D eigenvalue weighted by Gasteiger charge is -2.38. The number of carbonyl (C=O) groups is 1. The number of rotatable bonds is 10. The summed E-state index contributed by atoms with van der Waals surface area (Å²) in [7, 11) is -0.210. The van der Waals surface area contributed by atoms with Gasteiger partial charge in [-0.2, -0.15) is 0 Å². The van der Waals surface area contributed by atoms with Crippen molar-refractivity contribution >= 4 is 21.6 Å². The van der Waals surface area contributed by atoms with E-state index in [4.69, 9.17) is 9.47 Å². The van der Waals surface area contributed by atoms with Crippen molar-refractivity contribution in [2.75, 3.05) is 38.6 Å². The van der Waals surface area contributed by atoms with Crippen LogP contribution in [0.2, 0.25) is 0 Å². The highest BCUT2D eigenvalue weighted by Crippen LogP contribution is 2.31.